The van der Waals surface area contributed by atoms with Gasteiger partial charge in [-0.3, -0.25) is 0 Å². The fourth-order valence-electron chi connectivity index (χ4n) is 2.44. The third-order valence-corrected chi connectivity index (χ3v) is 3.41. The third kappa shape index (κ3) is 2.56. The topological polar surface area (TPSA) is 50.9 Å². The molecule has 1 N–H and O–H groups in total. The SMILES string of the molecule is Cn1nncc1C(O)CCC1CCCC1. The second-order valence-electron chi connectivity index (χ2n) is 4.53. The molecule has 1 unspecified atom stereocenters. The van der Waals surface area contributed by atoms with Gasteiger partial charge in [0.25, 0.3) is 0 Å². The first-order valence-corrected chi connectivity index (χ1v) is 5.80. The molecule has 0 aromatic carbocycles. The summed E-state index contributed by atoms with van der Waals surface area (Å²) in [5, 5.41) is 17.5. The summed E-state index contributed by atoms with van der Waals surface area (Å²) in [6, 6.07) is 0. The van der Waals surface area contributed by atoms with Crippen LogP contribution in [0.3, 0.4) is 0 Å². The van der Waals surface area contributed by atoms with E-state index in [0.717, 1.165) is 24.5 Å². The Balaban J connectivity index is 1.81. The van der Waals surface area contributed by atoms with E-state index in [-0.39, 0.29) is 0 Å². The van der Waals surface area contributed by atoms with E-state index in [4.69, 9.17) is 0 Å². The first-order chi connectivity index (χ1) is 7.27. The summed E-state index contributed by atoms with van der Waals surface area (Å²) < 4.78 is 1.65. The van der Waals surface area contributed by atoms with Crippen LogP contribution in [0.25, 0.3) is 0 Å². The molecule has 1 atom stereocenters. The highest BCUT2D eigenvalue weighted by atomic mass is 16.3. The van der Waals surface area contributed by atoms with Gasteiger partial charge in [-0.15, -0.1) is 5.10 Å². The Morgan fingerprint density at radius 2 is 2.27 bits per heavy atom. The van der Waals surface area contributed by atoms with Crippen molar-refractivity contribution in [2.24, 2.45) is 13.0 Å². The van der Waals surface area contributed by atoms with Gasteiger partial charge >= 0.3 is 0 Å². The van der Waals surface area contributed by atoms with Gasteiger partial charge in [-0.1, -0.05) is 30.9 Å². The Morgan fingerprint density at radius 1 is 1.53 bits per heavy atom. The number of aromatic nitrogens is 3. The van der Waals surface area contributed by atoms with Gasteiger partial charge < -0.3 is 5.11 Å². The van der Waals surface area contributed by atoms with E-state index >= 15 is 0 Å². The van der Waals surface area contributed by atoms with Crippen LogP contribution in [0.15, 0.2) is 6.20 Å². The lowest BCUT2D eigenvalue weighted by molar-refractivity contribution is 0.148. The molecule has 1 aromatic heterocycles. The van der Waals surface area contributed by atoms with Crippen molar-refractivity contribution in [3.63, 3.8) is 0 Å². The van der Waals surface area contributed by atoms with E-state index in [0.29, 0.717) is 0 Å². The molecule has 4 heteroatoms. The number of aliphatic hydroxyl groups excluding tert-OH is 1. The zero-order valence-electron chi connectivity index (χ0n) is 9.26. The first-order valence-electron chi connectivity index (χ1n) is 5.80. The maximum atomic E-state index is 9.95. The van der Waals surface area contributed by atoms with E-state index in [9.17, 15) is 5.11 Å². The molecule has 1 aliphatic carbocycles. The summed E-state index contributed by atoms with van der Waals surface area (Å²) in [6.07, 6.45) is 8.65. The summed E-state index contributed by atoms with van der Waals surface area (Å²) in [5.41, 5.74) is 0.827. The summed E-state index contributed by atoms with van der Waals surface area (Å²) >= 11 is 0. The Hall–Kier alpha value is -0.900. The van der Waals surface area contributed by atoms with Crippen molar-refractivity contribution in [2.45, 2.75) is 44.6 Å². The molecule has 0 bridgehead atoms. The number of nitrogens with zero attached hydrogens (tertiary/aromatic N) is 3. The van der Waals surface area contributed by atoms with E-state index in [1.807, 2.05) is 7.05 Å². The number of hydrogen-bond acceptors (Lipinski definition) is 3. The van der Waals surface area contributed by atoms with Crippen molar-refractivity contribution in [1.82, 2.24) is 15.0 Å². The average Bonchev–Trinajstić information content (AvgIpc) is 2.84. The zero-order valence-corrected chi connectivity index (χ0v) is 9.26. The number of aliphatic hydroxyl groups is 1. The minimum Gasteiger partial charge on any atom is -0.387 e. The molecular weight excluding hydrogens is 190 g/mol. The number of hydrogen-bond donors (Lipinski definition) is 1. The van der Waals surface area contributed by atoms with Gasteiger partial charge in [-0.2, -0.15) is 0 Å². The van der Waals surface area contributed by atoms with Gasteiger partial charge in [0, 0.05) is 7.05 Å². The highest BCUT2D eigenvalue weighted by Gasteiger charge is 2.18. The largest absolute Gasteiger partial charge is 0.387 e. The van der Waals surface area contributed by atoms with Crippen molar-refractivity contribution < 1.29 is 5.11 Å². The van der Waals surface area contributed by atoms with Crippen LogP contribution in [0.4, 0.5) is 0 Å². The van der Waals surface area contributed by atoms with E-state index in [2.05, 4.69) is 10.3 Å². The lowest BCUT2D eigenvalue weighted by Crippen LogP contribution is -2.07. The van der Waals surface area contributed by atoms with Crippen molar-refractivity contribution in [1.29, 1.82) is 0 Å². The van der Waals surface area contributed by atoms with Gasteiger partial charge in [-0.05, 0) is 18.8 Å². The second-order valence-corrected chi connectivity index (χ2v) is 4.53. The molecule has 15 heavy (non-hydrogen) atoms. The van der Waals surface area contributed by atoms with Crippen LogP contribution in [-0.4, -0.2) is 20.1 Å². The summed E-state index contributed by atoms with van der Waals surface area (Å²) in [6.45, 7) is 0. The van der Waals surface area contributed by atoms with Gasteiger partial charge in [0.2, 0.25) is 0 Å². The molecular formula is C11H19N3O. The molecule has 0 aliphatic heterocycles. The predicted molar refractivity (Wildman–Crippen MR) is 57.2 cm³/mol. The highest BCUT2D eigenvalue weighted by molar-refractivity contribution is 4.98. The van der Waals surface area contributed by atoms with Crippen LogP contribution in [0.1, 0.15) is 50.3 Å². The number of rotatable bonds is 4. The number of aryl methyl sites for hydroxylation is 1. The zero-order chi connectivity index (χ0) is 10.7. The maximum Gasteiger partial charge on any atom is 0.0973 e. The minimum absolute atomic E-state index is 0.398. The van der Waals surface area contributed by atoms with Crippen LogP contribution in [0, 0.1) is 5.92 Å². The summed E-state index contributed by atoms with van der Waals surface area (Å²) in [7, 11) is 1.82. The molecule has 84 valence electrons. The van der Waals surface area contributed by atoms with Gasteiger partial charge in [0.1, 0.15) is 0 Å². The smallest absolute Gasteiger partial charge is 0.0973 e. The fraction of sp³-hybridized carbons (Fsp3) is 0.818. The molecule has 0 spiro atoms. The second kappa shape index (κ2) is 4.75. The first kappa shape index (κ1) is 10.6. The maximum absolute atomic E-state index is 9.95. The molecule has 4 nitrogen and oxygen atoms in total. The highest BCUT2D eigenvalue weighted by Crippen LogP contribution is 2.31. The molecule has 1 fully saturated rings. The predicted octanol–water partition coefficient (Wildman–Crippen LogP) is 1.82. The molecule has 0 radical (unpaired) electrons. The summed E-state index contributed by atoms with van der Waals surface area (Å²) in [5.74, 6) is 0.834. The molecule has 0 saturated heterocycles. The Labute approximate surface area is 90.3 Å². The normalized spacial score (nSPS) is 19.6. The van der Waals surface area contributed by atoms with Crippen molar-refractivity contribution >= 4 is 0 Å². The van der Waals surface area contributed by atoms with E-state index < -0.39 is 6.10 Å². The standard InChI is InChI=1S/C11H19N3O/c1-14-10(8-12-13-14)11(15)7-6-9-4-2-3-5-9/h8-9,11,15H,2-7H2,1H3. The summed E-state index contributed by atoms with van der Waals surface area (Å²) in [4.78, 5) is 0. The average molecular weight is 209 g/mol. The Morgan fingerprint density at radius 3 is 2.87 bits per heavy atom. The minimum atomic E-state index is -0.398. The van der Waals surface area contributed by atoms with Gasteiger partial charge in [0.15, 0.2) is 0 Å². The Kier molecular flexibility index (Phi) is 3.36. The lowest BCUT2D eigenvalue weighted by Gasteiger charge is -2.13. The Bertz CT molecular complexity index is 305. The van der Waals surface area contributed by atoms with Crippen molar-refractivity contribution in [3.05, 3.63) is 11.9 Å². The van der Waals surface area contributed by atoms with Crippen LogP contribution in [-0.2, 0) is 7.05 Å². The lowest BCUT2D eigenvalue weighted by atomic mass is 9.99. The third-order valence-electron chi connectivity index (χ3n) is 3.41. The molecule has 2 rings (SSSR count). The van der Waals surface area contributed by atoms with Gasteiger partial charge in [0.05, 0.1) is 18.0 Å². The monoisotopic (exact) mass is 209 g/mol. The van der Waals surface area contributed by atoms with Crippen LogP contribution in [0.2, 0.25) is 0 Å². The van der Waals surface area contributed by atoms with Crippen LogP contribution >= 0.6 is 0 Å². The van der Waals surface area contributed by atoms with Gasteiger partial charge in [-0.25, -0.2) is 4.68 Å². The molecule has 1 saturated carbocycles. The molecule has 0 amide bonds. The fourth-order valence-corrected chi connectivity index (χ4v) is 2.44. The molecule has 1 aromatic rings. The molecule has 1 heterocycles. The van der Waals surface area contributed by atoms with E-state index in [1.165, 1.54) is 25.7 Å². The van der Waals surface area contributed by atoms with E-state index in [1.54, 1.807) is 10.9 Å². The van der Waals surface area contributed by atoms with Crippen LogP contribution in [0.5, 0.6) is 0 Å². The molecule has 1 aliphatic rings. The quantitative estimate of drug-likeness (QED) is 0.823. The van der Waals surface area contributed by atoms with Crippen LogP contribution < -0.4 is 0 Å². The van der Waals surface area contributed by atoms with Crippen molar-refractivity contribution in [3.8, 4) is 0 Å². The van der Waals surface area contributed by atoms with Crippen molar-refractivity contribution in [2.75, 3.05) is 0 Å².